The van der Waals surface area contributed by atoms with Crippen molar-refractivity contribution >= 4 is 17.9 Å². The number of carbonyl (C=O) groups is 3. The van der Waals surface area contributed by atoms with Gasteiger partial charge in [-0.05, 0) is 70.6 Å². The molecule has 490 valence electrons. The number of esters is 3. The highest BCUT2D eigenvalue weighted by molar-refractivity contribution is 5.71. The van der Waals surface area contributed by atoms with Crippen LogP contribution in [0, 0.1) is 0 Å². The molecular weight excluding hydrogens is 1020 g/mol. The summed E-state index contributed by atoms with van der Waals surface area (Å²) in [5.74, 6) is -0.843. The fourth-order valence-electron chi connectivity index (χ4n) is 11.7. The lowest BCUT2D eigenvalue weighted by Crippen LogP contribution is -2.30. The van der Waals surface area contributed by atoms with Gasteiger partial charge in [-0.25, -0.2) is 0 Å². The number of hydrogen-bond acceptors (Lipinski definition) is 6. The standard InChI is InChI=1S/C77H146O6/c1-4-7-10-13-16-19-22-25-28-30-32-34-36-37-38-39-41-42-44-46-49-52-55-58-61-64-67-70-76(79)82-73-74(72-81-75(78)69-66-63-60-57-54-51-48-27-24-21-18-15-12-9-6-3)83-77(80)71-68-65-62-59-56-53-50-47-45-43-40-35-33-31-29-26-23-20-17-14-11-8-5-2/h27,31,33,48,74H,4-26,28-30,32,34-47,49-73H2,1-3H3/b33-31-,48-27-. The van der Waals surface area contributed by atoms with Crippen molar-refractivity contribution in [1.82, 2.24) is 0 Å². The Bertz CT molecular complexity index is 1340. The van der Waals surface area contributed by atoms with Gasteiger partial charge in [-0.3, -0.25) is 14.4 Å². The fraction of sp³-hybridized carbons (Fsp3) is 0.909. The van der Waals surface area contributed by atoms with Crippen LogP contribution < -0.4 is 0 Å². The van der Waals surface area contributed by atoms with Crippen LogP contribution in [-0.4, -0.2) is 37.2 Å². The molecule has 0 spiro atoms. The Kier molecular flexibility index (Phi) is 70.5. The van der Waals surface area contributed by atoms with Gasteiger partial charge in [0.1, 0.15) is 13.2 Å². The van der Waals surface area contributed by atoms with Crippen LogP contribution in [0.3, 0.4) is 0 Å². The van der Waals surface area contributed by atoms with Gasteiger partial charge < -0.3 is 14.2 Å². The van der Waals surface area contributed by atoms with Crippen molar-refractivity contribution in [3.8, 4) is 0 Å². The maximum Gasteiger partial charge on any atom is 0.306 e. The molecule has 0 aliphatic carbocycles. The Morgan fingerprint density at radius 1 is 0.229 bits per heavy atom. The van der Waals surface area contributed by atoms with Crippen LogP contribution in [0.5, 0.6) is 0 Å². The summed E-state index contributed by atoms with van der Waals surface area (Å²) >= 11 is 0. The molecule has 0 rings (SSSR count). The maximum atomic E-state index is 13.0. The number of rotatable bonds is 71. The molecular formula is C77H146O6. The number of hydrogen-bond donors (Lipinski definition) is 0. The third-order valence-electron chi connectivity index (χ3n) is 17.4. The quantitative estimate of drug-likeness (QED) is 0.0261. The van der Waals surface area contributed by atoms with E-state index in [9.17, 15) is 14.4 Å². The van der Waals surface area contributed by atoms with Crippen molar-refractivity contribution in [2.75, 3.05) is 13.2 Å². The number of carbonyl (C=O) groups excluding carboxylic acids is 3. The maximum absolute atomic E-state index is 13.0. The first-order valence-corrected chi connectivity index (χ1v) is 37.8. The molecule has 0 bridgehead atoms. The Hall–Kier alpha value is -2.11. The molecule has 6 nitrogen and oxygen atoms in total. The molecule has 0 N–H and O–H groups in total. The summed E-state index contributed by atoms with van der Waals surface area (Å²) in [5.41, 5.74) is 0. The molecule has 0 heterocycles. The van der Waals surface area contributed by atoms with Gasteiger partial charge in [0, 0.05) is 19.3 Å². The molecule has 1 atom stereocenters. The molecule has 0 saturated heterocycles. The first kappa shape index (κ1) is 80.9. The summed E-state index contributed by atoms with van der Waals surface area (Å²) in [6.45, 7) is 6.72. The van der Waals surface area contributed by atoms with E-state index in [0.717, 1.165) is 64.2 Å². The monoisotopic (exact) mass is 1170 g/mol. The van der Waals surface area contributed by atoms with Gasteiger partial charge in [0.05, 0.1) is 0 Å². The zero-order chi connectivity index (χ0) is 59.9. The lowest BCUT2D eigenvalue weighted by atomic mass is 10.0. The number of ether oxygens (including phenoxy) is 3. The van der Waals surface area contributed by atoms with Gasteiger partial charge in [-0.2, -0.15) is 0 Å². The topological polar surface area (TPSA) is 78.9 Å². The molecule has 1 unspecified atom stereocenters. The van der Waals surface area contributed by atoms with E-state index in [-0.39, 0.29) is 31.1 Å². The zero-order valence-corrected chi connectivity index (χ0v) is 56.5. The Labute approximate surface area is 519 Å². The van der Waals surface area contributed by atoms with E-state index in [1.807, 2.05) is 0 Å². The summed E-state index contributed by atoms with van der Waals surface area (Å²) in [7, 11) is 0. The molecule has 0 aromatic heterocycles. The average Bonchev–Trinajstić information content (AvgIpc) is 3.49. The first-order chi connectivity index (χ1) is 41.0. The van der Waals surface area contributed by atoms with Crippen LogP contribution in [0.15, 0.2) is 24.3 Å². The van der Waals surface area contributed by atoms with E-state index < -0.39 is 6.10 Å². The van der Waals surface area contributed by atoms with Gasteiger partial charge in [-0.1, -0.05) is 366 Å². The summed E-state index contributed by atoms with van der Waals surface area (Å²) in [6.07, 6.45) is 89.4. The molecule has 83 heavy (non-hydrogen) atoms. The lowest BCUT2D eigenvalue weighted by Gasteiger charge is -2.18. The molecule has 0 aliphatic rings. The summed E-state index contributed by atoms with van der Waals surface area (Å²) in [6, 6.07) is 0. The van der Waals surface area contributed by atoms with Gasteiger partial charge in [-0.15, -0.1) is 0 Å². The normalized spacial score (nSPS) is 12.1. The summed E-state index contributed by atoms with van der Waals surface area (Å²) in [4.78, 5) is 38.5. The van der Waals surface area contributed by atoms with Gasteiger partial charge >= 0.3 is 17.9 Å². The molecule has 0 aromatic carbocycles. The van der Waals surface area contributed by atoms with Crippen molar-refractivity contribution in [2.45, 2.75) is 438 Å². The smallest absolute Gasteiger partial charge is 0.306 e. The van der Waals surface area contributed by atoms with Crippen LogP contribution in [0.25, 0.3) is 0 Å². The Morgan fingerprint density at radius 3 is 0.602 bits per heavy atom. The van der Waals surface area contributed by atoms with Crippen LogP contribution in [0.4, 0.5) is 0 Å². The van der Waals surface area contributed by atoms with Crippen molar-refractivity contribution in [3.63, 3.8) is 0 Å². The third-order valence-corrected chi connectivity index (χ3v) is 17.4. The van der Waals surface area contributed by atoms with Crippen molar-refractivity contribution in [1.29, 1.82) is 0 Å². The summed E-state index contributed by atoms with van der Waals surface area (Å²) < 4.78 is 17.0. The molecule has 0 aromatic rings. The molecule has 0 aliphatic heterocycles. The largest absolute Gasteiger partial charge is 0.462 e. The number of allylic oxidation sites excluding steroid dienone is 4. The van der Waals surface area contributed by atoms with Crippen molar-refractivity contribution < 1.29 is 28.6 Å². The van der Waals surface area contributed by atoms with Crippen LogP contribution in [0.2, 0.25) is 0 Å². The van der Waals surface area contributed by atoms with Gasteiger partial charge in [0.15, 0.2) is 6.10 Å². The highest BCUT2D eigenvalue weighted by Crippen LogP contribution is 2.19. The van der Waals surface area contributed by atoms with Gasteiger partial charge in [0.25, 0.3) is 0 Å². The molecule has 0 radical (unpaired) electrons. The van der Waals surface area contributed by atoms with Crippen LogP contribution >= 0.6 is 0 Å². The van der Waals surface area contributed by atoms with Gasteiger partial charge in [0.2, 0.25) is 0 Å². The Balaban J connectivity index is 4.23. The molecule has 0 fully saturated rings. The molecule has 0 amide bonds. The van der Waals surface area contributed by atoms with E-state index >= 15 is 0 Å². The zero-order valence-electron chi connectivity index (χ0n) is 56.5. The molecule has 0 saturated carbocycles. The second kappa shape index (κ2) is 72.4. The second-order valence-electron chi connectivity index (χ2n) is 25.9. The van der Waals surface area contributed by atoms with Crippen LogP contribution in [-0.2, 0) is 28.6 Å². The van der Waals surface area contributed by atoms with E-state index in [0.29, 0.717) is 19.3 Å². The van der Waals surface area contributed by atoms with Crippen molar-refractivity contribution in [2.24, 2.45) is 0 Å². The minimum Gasteiger partial charge on any atom is -0.462 e. The van der Waals surface area contributed by atoms with E-state index in [1.165, 1.54) is 327 Å². The predicted molar refractivity (Wildman–Crippen MR) is 363 cm³/mol. The van der Waals surface area contributed by atoms with E-state index in [2.05, 4.69) is 45.1 Å². The third kappa shape index (κ3) is 70.5. The number of unbranched alkanes of at least 4 members (excludes halogenated alkanes) is 56. The first-order valence-electron chi connectivity index (χ1n) is 37.8. The highest BCUT2D eigenvalue weighted by Gasteiger charge is 2.20. The SMILES string of the molecule is CCCCCCCC/C=C\CCCCCCCC(=O)OCC(COC(=O)CCCCCCCCCCCCCCCCCCCCCCCCCCCCC)OC(=O)CCCCCCCCCCCCC/C=C\CCCCCCCCCC. The second-order valence-corrected chi connectivity index (χ2v) is 25.9. The van der Waals surface area contributed by atoms with Crippen LogP contribution in [0.1, 0.15) is 432 Å². The summed E-state index contributed by atoms with van der Waals surface area (Å²) in [5, 5.41) is 0. The van der Waals surface area contributed by atoms with E-state index in [4.69, 9.17) is 14.2 Å². The van der Waals surface area contributed by atoms with Crippen molar-refractivity contribution in [3.05, 3.63) is 24.3 Å². The predicted octanol–water partition coefficient (Wildman–Crippen LogP) is 26.1. The fourth-order valence-corrected chi connectivity index (χ4v) is 11.7. The lowest BCUT2D eigenvalue weighted by molar-refractivity contribution is -0.167. The highest BCUT2D eigenvalue weighted by atomic mass is 16.6. The molecule has 6 heteroatoms. The average molecular weight is 1170 g/mol. The minimum atomic E-state index is -0.774. The Morgan fingerprint density at radius 2 is 0.398 bits per heavy atom. The minimum absolute atomic E-state index is 0.0682. The van der Waals surface area contributed by atoms with E-state index in [1.54, 1.807) is 0 Å².